The van der Waals surface area contributed by atoms with Crippen molar-refractivity contribution in [2.75, 3.05) is 13.2 Å². The second kappa shape index (κ2) is 29.2. The average molecular weight is 227 g/mol. The molecule has 0 aromatic rings. The molecule has 1 saturated heterocycles. The highest BCUT2D eigenvalue weighted by molar-refractivity contribution is 4.95. The molecule has 4 nitrogen and oxygen atoms in total. The molecule has 4 heteroatoms. The van der Waals surface area contributed by atoms with Crippen LogP contribution < -0.4 is 0 Å². The molecule has 1 rings (SSSR count). The summed E-state index contributed by atoms with van der Waals surface area (Å²) in [4.78, 5) is 2.46. The Hall–Kier alpha value is -1.51. The number of nitrogens with zero attached hydrogens (tertiary/aromatic N) is 3. The lowest BCUT2D eigenvalue weighted by Crippen LogP contribution is -1.38. The summed E-state index contributed by atoms with van der Waals surface area (Å²) < 4.78 is 4.50. The Bertz CT molecular complexity index is 208. The van der Waals surface area contributed by atoms with Gasteiger partial charge < -0.3 is 4.74 Å². The standard InChI is InChI=1S/C4H5N3.C4H8.C2H4O.2CH4/c1-2-3-4-6-7-5;1-3-4-2;1-2-3-1;;/h2-4H,1H2;3-4H,1-2H3;1-2H2;2*1H4/b2*4-3-;;;. The van der Waals surface area contributed by atoms with E-state index in [4.69, 9.17) is 5.53 Å². The zero-order valence-corrected chi connectivity index (χ0v) is 8.76. The number of hydrogen-bond donors (Lipinski definition) is 0. The third-order valence-corrected chi connectivity index (χ3v) is 0.878. The lowest BCUT2D eigenvalue weighted by atomic mass is 10.6. The molecular weight excluding hydrogens is 202 g/mol. The van der Waals surface area contributed by atoms with Crippen LogP contribution in [-0.2, 0) is 4.74 Å². The first kappa shape index (κ1) is 24.0. The van der Waals surface area contributed by atoms with Crippen LogP contribution in [0.5, 0.6) is 0 Å². The minimum atomic E-state index is 0. The van der Waals surface area contributed by atoms with Crippen molar-refractivity contribution in [3.8, 4) is 0 Å². The molecule has 1 heterocycles. The number of rotatable bonds is 2. The van der Waals surface area contributed by atoms with Crippen LogP contribution in [0, 0.1) is 0 Å². The first-order chi connectivity index (χ1) is 6.83. The SMILES string of the molecule is C.C.C/C=C\C.C1CO1.C=C/C=C\N=[N+]=[N-]. The number of epoxide rings is 1. The minimum Gasteiger partial charge on any atom is -0.377 e. The lowest BCUT2D eigenvalue weighted by Gasteiger charge is -1.59. The molecule has 1 fully saturated rings. The van der Waals surface area contributed by atoms with E-state index >= 15 is 0 Å². The van der Waals surface area contributed by atoms with E-state index < -0.39 is 0 Å². The van der Waals surface area contributed by atoms with Gasteiger partial charge in [-0.15, -0.1) is 0 Å². The van der Waals surface area contributed by atoms with Gasteiger partial charge in [0.2, 0.25) is 0 Å². The van der Waals surface area contributed by atoms with Crippen LogP contribution in [-0.4, -0.2) is 13.2 Å². The molecule has 0 amide bonds. The zero-order valence-electron chi connectivity index (χ0n) is 8.76. The van der Waals surface area contributed by atoms with Crippen molar-refractivity contribution >= 4 is 0 Å². The van der Waals surface area contributed by atoms with Gasteiger partial charge in [-0.05, 0) is 19.4 Å². The molecule has 0 aromatic carbocycles. The molecule has 0 atom stereocenters. The van der Waals surface area contributed by atoms with E-state index in [2.05, 4.69) is 21.3 Å². The van der Waals surface area contributed by atoms with Crippen LogP contribution >= 0.6 is 0 Å². The van der Waals surface area contributed by atoms with Crippen molar-refractivity contribution < 1.29 is 4.74 Å². The van der Waals surface area contributed by atoms with Crippen LogP contribution in [0.15, 0.2) is 42.2 Å². The minimum absolute atomic E-state index is 0. The second-order valence-electron chi connectivity index (χ2n) is 2.06. The normalized spacial score (nSPS) is 10.4. The van der Waals surface area contributed by atoms with Gasteiger partial charge in [0.15, 0.2) is 0 Å². The highest BCUT2D eigenvalue weighted by Crippen LogP contribution is 1.84. The number of allylic oxidation sites excluding steroid dienone is 4. The van der Waals surface area contributed by atoms with Gasteiger partial charge in [0.25, 0.3) is 0 Å². The zero-order chi connectivity index (χ0) is 11.1. The van der Waals surface area contributed by atoms with Crippen LogP contribution in [0.3, 0.4) is 0 Å². The van der Waals surface area contributed by atoms with E-state index in [9.17, 15) is 0 Å². The molecule has 0 aromatic heterocycles. The van der Waals surface area contributed by atoms with Crippen LogP contribution in [0.4, 0.5) is 0 Å². The van der Waals surface area contributed by atoms with Gasteiger partial charge in [0, 0.05) is 11.1 Å². The Morgan fingerprint density at radius 3 is 1.88 bits per heavy atom. The number of hydrogen-bond acceptors (Lipinski definition) is 2. The smallest absolute Gasteiger partial charge is 0.0701 e. The summed E-state index contributed by atoms with van der Waals surface area (Å²) in [6.45, 7) is 9.36. The Morgan fingerprint density at radius 1 is 1.25 bits per heavy atom. The maximum Gasteiger partial charge on any atom is 0.0701 e. The van der Waals surface area contributed by atoms with Crippen molar-refractivity contribution in [2.45, 2.75) is 28.7 Å². The fourth-order valence-electron chi connectivity index (χ4n) is 0.129. The first-order valence-electron chi connectivity index (χ1n) is 4.30. The molecule has 0 saturated carbocycles. The molecular formula is C12H25N3O. The van der Waals surface area contributed by atoms with E-state index in [1.165, 1.54) is 12.3 Å². The van der Waals surface area contributed by atoms with Gasteiger partial charge in [-0.1, -0.05) is 50.9 Å². The predicted molar refractivity (Wildman–Crippen MR) is 73.3 cm³/mol. The molecule has 0 unspecified atom stereocenters. The topological polar surface area (TPSA) is 61.3 Å². The summed E-state index contributed by atoms with van der Waals surface area (Å²) in [7, 11) is 0. The van der Waals surface area contributed by atoms with Gasteiger partial charge in [-0.3, -0.25) is 0 Å². The quantitative estimate of drug-likeness (QED) is 0.166. The van der Waals surface area contributed by atoms with Gasteiger partial charge in [-0.2, -0.15) is 0 Å². The number of ether oxygens (including phenoxy) is 1. The Kier molecular flexibility index (Phi) is 43.7. The van der Waals surface area contributed by atoms with Crippen LogP contribution in [0.1, 0.15) is 28.7 Å². The molecule has 0 bridgehead atoms. The summed E-state index contributed by atoms with van der Waals surface area (Å²) in [5, 5.41) is 3.09. The summed E-state index contributed by atoms with van der Waals surface area (Å²) in [5.41, 5.74) is 7.67. The van der Waals surface area contributed by atoms with Crippen molar-refractivity contribution in [3.05, 3.63) is 47.5 Å². The van der Waals surface area contributed by atoms with Gasteiger partial charge in [-0.25, -0.2) is 0 Å². The Balaban J connectivity index is -0.0000000688. The van der Waals surface area contributed by atoms with Crippen molar-refractivity contribution in [1.29, 1.82) is 0 Å². The maximum absolute atomic E-state index is 7.67. The van der Waals surface area contributed by atoms with Crippen LogP contribution in [0.2, 0.25) is 0 Å². The Morgan fingerprint density at radius 2 is 1.69 bits per heavy atom. The molecule has 16 heavy (non-hydrogen) atoms. The van der Waals surface area contributed by atoms with E-state index in [1.807, 2.05) is 26.0 Å². The van der Waals surface area contributed by atoms with Crippen LogP contribution in [0.25, 0.3) is 10.4 Å². The van der Waals surface area contributed by atoms with E-state index in [0.29, 0.717) is 0 Å². The van der Waals surface area contributed by atoms with E-state index in [1.54, 1.807) is 6.08 Å². The largest absolute Gasteiger partial charge is 0.377 e. The van der Waals surface area contributed by atoms with Gasteiger partial charge in [0.1, 0.15) is 0 Å². The molecule has 0 radical (unpaired) electrons. The highest BCUT2D eigenvalue weighted by Gasteiger charge is 1.94. The lowest BCUT2D eigenvalue weighted by molar-refractivity contribution is 0.475. The summed E-state index contributed by atoms with van der Waals surface area (Å²) in [6.07, 6.45) is 8.42. The third kappa shape index (κ3) is 81.8. The molecule has 0 spiro atoms. The molecule has 94 valence electrons. The van der Waals surface area contributed by atoms with E-state index in [0.717, 1.165) is 13.2 Å². The second-order valence-corrected chi connectivity index (χ2v) is 2.06. The number of azide groups is 1. The predicted octanol–water partition coefficient (Wildman–Crippen LogP) is 4.87. The van der Waals surface area contributed by atoms with Gasteiger partial charge in [0.05, 0.1) is 13.2 Å². The molecule has 1 aliphatic rings. The van der Waals surface area contributed by atoms with Crippen molar-refractivity contribution in [2.24, 2.45) is 5.11 Å². The molecule has 1 aliphatic heterocycles. The molecule has 0 N–H and O–H groups in total. The van der Waals surface area contributed by atoms with Crippen molar-refractivity contribution in [1.82, 2.24) is 0 Å². The summed E-state index contributed by atoms with van der Waals surface area (Å²) in [6, 6.07) is 0. The Labute approximate surface area is 99.9 Å². The fraction of sp³-hybridized carbons (Fsp3) is 0.500. The monoisotopic (exact) mass is 227 g/mol. The van der Waals surface area contributed by atoms with Crippen molar-refractivity contribution in [3.63, 3.8) is 0 Å². The molecule has 0 aliphatic carbocycles. The maximum atomic E-state index is 7.67. The summed E-state index contributed by atoms with van der Waals surface area (Å²) in [5.74, 6) is 0. The summed E-state index contributed by atoms with van der Waals surface area (Å²) >= 11 is 0. The van der Waals surface area contributed by atoms with Gasteiger partial charge >= 0.3 is 0 Å². The average Bonchev–Trinajstić information content (AvgIpc) is 3.06. The first-order valence-corrected chi connectivity index (χ1v) is 4.30. The van der Waals surface area contributed by atoms with E-state index in [-0.39, 0.29) is 14.9 Å². The fourth-order valence-corrected chi connectivity index (χ4v) is 0.129. The highest BCUT2D eigenvalue weighted by atomic mass is 16.6. The third-order valence-electron chi connectivity index (χ3n) is 0.878.